The van der Waals surface area contributed by atoms with E-state index in [4.69, 9.17) is 14.2 Å². The molecule has 1 unspecified atom stereocenters. The van der Waals surface area contributed by atoms with Crippen LogP contribution in [0.3, 0.4) is 0 Å². The van der Waals surface area contributed by atoms with Gasteiger partial charge >= 0.3 is 5.97 Å². The smallest absolute Gasteiger partial charge is 0.338 e. The molecule has 0 aromatic heterocycles. The Bertz CT molecular complexity index is 1240. The average Bonchev–Trinajstić information content (AvgIpc) is 2.98. The third-order valence-electron chi connectivity index (χ3n) is 5.94. The number of para-hydroxylation sites is 1. The van der Waals surface area contributed by atoms with Gasteiger partial charge in [-0.05, 0) is 55.0 Å². The molecule has 0 spiro atoms. The maximum atomic E-state index is 13.7. The van der Waals surface area contributed by atoms with Crippen molar-refractivity contribution >= 4 is 22.9 Å². The first-order valence-corrected chi connectivity index (χ1v) is 14.1. The normalized spacial score (nSPS) is 13.7. The maximum Gasteiger partial charge on any atom is 0.338 e. The first kappa shape index (κ1) is 30.0. The molecule has 1 aliphatic heterocycles. The summed E-state index contributed by atoms with van der Waals surface area (Å²) in [7, 11) is -0.351. The van der Waals surface area contributed by atoms with Crippen molar-refractivity contribution in [3.8, 4) is 11.5 Å². The van der Waals surface area contributed by atoms with E-state index in [0.29, 0.717) is 53.8 Å². The lowest BCUT2D eigenvalue weighted by Crippen LogP contribution is -2.46. The zero-order valence-electron chi connectivity index (χ0n) is 22.9. The fraction of sp³-hybridized carbons (Fsp3) is 0.333. The van der Waals surface area contributed by atoms with Crippen molar-refractivity contribution in [3.63, 3.8) is 0 Å². The van der Waals surface area contributed by atoms with Crippen LogP contribution < -0.4 is 4.74 Å². The molecule has 0 N–H and O–H groups in total. The summed E-state index contributed by atoms with van der Waals surface area (Å²) in [6, 6.07) is 21.6. The van der Waals surface area contributed by atoms with Crippen LogP contribution in [0.1, 0.15) is 35.3 Å². The number of esters is 1. The number of carbonyl (C=O) groups is 2. The lowest BCUT2D eigenvalue weighted by molar-refractivity contribution is -0.135. The van der Waals surface area contributed by atoms with Gasteiger partial charge in [-0.2, -0.15) is 0 Å². The molecule has 1 heterocycles. The lowest BCUT2D eigenvalue weighted by Gasteiger charge is -2.29. The summed E-state index contributed by atoms with van der Waals surface area (Å²) in [4.78, 5) is 28.0. The Morgan fingerprint density at radius 1 is 0.949 bits per heavy atom. The Morgan fingerprint density at radius 2 is 1.62 bits per heavy atom. The fourth-order valence-corrected chi connectivity index (χ4v) is 5.08. The van der Waals surface area contributed by atoms with Gasteiger partial charge in [-0.15, -0.1) is 0 Å². The summed E-state index contributed by atoms with van der Waals surface area (Å²) in [5.41, 5.74) is 1.89. The van der Waals surface area contributed by atoms with Gasteiger partial charge in [0.05, 0.1) is 37.3 Å². The highest BCUT2D eigenvalue weighted by molar-refractivity contribution is 7.82. The number of methoxy groups -OCH3 is 1. The monoisotopic (exact) mass is 552 g/mol. The van der Waals surface area contributed by atoms with Gasteiger partial charge in [0.15, 0.2) is 0 Å². The van der Waals surface area contributed by atoms with Gasteiger partial charge in [0.2, 0.25) is 5.91 Å². The molecule has 4 rings (SSSR count). The van der Waals surface area contributed by atoms with Gasteiger partial charge in [0, 0.05) is 19.6 Å². The van der Waals surface area contributed by atoms with E-state index in [-0.39, 0.29) is 19.0 Å². The predicted molar refractivity (Wildman–Crippen MR) is 151 cm³/mol. The highest BCUT2D eigenvalue weighted by Gasteiger charge is 2.26. The van der Waals surface area contributed by atoms with E-state index in [1.165, 1.54) is 7.11 Å². The van der Waals surface area contributed by atoms with Gasteiger partial charge < -0.3 is 19.1 Å². The number of hydrogen-bond acceptors (Lipinski definition) is 6. The first-order valence-electron chi connectivity index (χ1n) is 13.0. The van der Waals surface area contributed by atoms with Crippen LogP contribution in [-0.4, -0.2) is 65.2 Å². The highest BCUT2D eigenvalue weighted by Crippen LogP contribution is 2.26. The Kier molecular flexibility index (Phi) is 11.7. The Labute approximate surface area is 233 Å². The molecule has 1 fully saturated rings. The van der Waals surface area contributed by atoms with Crippen LogP contribution in [0.25, 0.3) is 0 Å². The largest absolute Gasteiger partial charge is 0.465 e. The van der Waals surface area contributed by atoms with Crippen molar-refractivity contribution in [1.29, 1.82) is 0 Å². The Balaban J connectivity index is 0.00000205. The number of ether oxygens (including phenoxy) is 3. The number of hydrogen-bond donors (Lipinski definition) is 0. The number of benzene rings is 3. The molecular weight excluding hydrogens is 516 g/mol. The minimum atomic E-state index is -1.66. The van der Waals surface area contributed by atoms with E-state index in [1.807, 2.05) is 63.2 Å². The number of rotatable bonds is 9. The van der Waals surface area contributed by atoms with Crippen molar-refractivity contribution in [2.24, 2.45) is 0 Å². The number of amides is 1. The first-order chi connectivity index (χ1) is 18.9. The molecule has 3 aromatic rings. The van der Waals surface area contributed by atoms with Crippen molar-refractivity contribution in [1.82, 2.24) is 9.21 Å². The van der Waals surface area contributed by atoms with Crippen LogP contribution >= 0.6 is 0 Å². The quantitative estimate of drug-likeness (QED) is 0.348. The Hall–Kier alpha value is -3.53. The maximum absolute atomic E-state index is 13.7. The fourth-order valence-electron chi connectivity index (χ4n) is 3.93. The lowest BCUT2D eigenvalue weighted by atomic mass is 10.1. The van der Waals surface area contributed by atoms with Crippen LogP contribution in [0.5, 0.6) is 11.5 Å². The standard InChI is InChI=1S/C28H30N2O6S.C2H6/c1-21-8-11-25(12-9-21)37(33)30(20-27(31)29-14-16-35-17-15-29)19-22-18-24(10-13-26(22)28(32)34-2)36-23-6-4-3-5-7-23;1-2/h3-13,18H,14-17,19-20H2,1-2H3;1-2H3. The van der Waals surface area contributed by atoms with Gasteiger partial charge in [-0.3, -0.25) is 4.79 Å². The number of morpholine rings is 1. The van der Waals surface area contributed by atoms with E-state index >= 15 is 0 Å². The topological polar surface area (TPSA) is 85.4 Å². The number of aryl methyl sites for hydroxylation is 1. The molecule has 208 valence electrons. The molecule has 1 amide bonds. The summed E-state index contributed by atoms with van der Waals surface area (Å²) in [6.07, 6.45) is 0. The Morgan fingerprint density at radius 3 is 2.26 bits per heavy atom. The van der Waals surface area contributed by atoms with Crippen LogP contribution in [0.2, 0.25) is 0 Å². The van der Waals surface area contributed by atoms with Crippen LogP contribution in [0.4, 0.5) is 0 Å². The van der Waals surface area contributed by atoms with Crippen molar-refractivity contribution in [2.75, 3.05) is 40.0 Å². The summed E-state index contributed by atoms with van der Waals surface area (Å²) in [5, 5.41) is 0. The average molecular weight is 553 g/mol. The second-order valence-corrected chi connectivity index (χ2v) is 10.1. The van der Waals surface area contributed by atoms with Crippen LogP contribution in [-0.2, 0) is 31.8 Å². The van der Waals surface area contributed by atoms with Crippen molar-refractivity contribution in [2.45, 2.75) is 32.2 Å². The SMILES string of the molecule is CC.COC(=O)c1ccc(Oc2ccccc2)cc1CN(CC(=O)N1CCOCC1)S(=O)c1ccc(C)cc1. The van der Waals surface area contributed by atoms with Crippen molar-refractivity contribution < 1.29 is 28.0 Å². The molecule has 0 aliphatic carbocycles. The zero-order valence-corrected chi connectivity index (χ0v) is 23.7. The minimum Gasteiger partial charge on any atom is -0.465 e. The summed E-state index contributed by atoms with van der Waals surface area (Å²) in [6.45, 7) is 7.83. The molecule has 39 heavy (non-hydrogen) atoms. The summed E-state index contributed by atoms with van der Waals surface area (Å²) in [5.74, 6) is 0.471. The molecule has 1 atom stereocenters. The molecule has 0 saturated carbocycles. The number of nitrogens with zero attached hydrogens (tertiary/aromatic N) is 2. The molecule has 0 radical (unpaired) electrons. The molecule has 8 nitrogen and oxygen atoms in total. The van der Waals surface area contributed by atoms with E-state index < -0.39 is 17.0 Å². The van der Waals surface area contributed by atoms with E-state index in [2.05, 4.69) is 0 Å². The summed E-state index contributed by atoms with van der Waals surface area (Å²) >= 11 is 0. The minimum absolute atomic E-state index is 0.0625. The van der Waals surface area contributed by atoms with Gasteiger partial charge in [-0.25, -0.2) is 13.3 Å². The van der Waals surface area contributed by atoms with Crippen molar-refractivity contribution in [3.05, 3.63) is 89.5 Å². The van der Waals surface area contributed by atoms with E-state index in [9.17, 15) is 13.8 Å². The van der Waals surface area contributed by atoms with Gasteiger partial charge in [0.1, 0.15) is 22.5 Å². The van der Waals surface area contributed by atoms with E-state index in [1.54, 1.807) is 39.5 Å². The second kappa shape index (κ2) is 15.2. The third-order valence-corrected chi connectivity index (χ3v) is 7.34. The highest BCUT2D eigenvalue weighted by atomic mass is 32.2. The molecular formula is C30H36N2O6S. The molecule has 3 aromatic carbocycles. The number of carbonyl (C=O) groups excluding carboxylic acids is 2. The molecule has 1 saturated heterocycles. The van der Waals surface area contributed by atoms with E-state index in [0.717, 1.165) is 5.56 Å². The second-order valence-electron chi connectivity index (χ2n) is 8.58. The molecule has 9 heteroatoms. The molecule has 0 bridgehead atoms. The van der Waals surface area contributed by atoms with Gasteiger partial charge in [0.25, 0.3) is 0 Å². The summed E-state index contributed by atoms with van der Waals surface area (Å²) < 4.78 is 31.6. The van der Waals surface area contributed by atoms with Crippen LogP contribution in [0.15, 0.2) is 77.7 Å². The third kappa shape index (κ3) is 8.48. The predicted octanol–water partition coefficient (Wildman–Crippen LogP) is 4.98. The van der Waals surface area contributed by atoms with Gasteiger partial charge in [-0.1, -0.05) is 49.7 Å². The van der Waals surface area contributed by atoms with Crippen LogP contribution in [0, 0.1) is 6.92 Å². The zero-order chi connectivity index (χ0) is 28.2. The molecule has 1 aliphatic rings.